The van der Waals surface area contributed by atoms with Crippen molar-refractivity contribution >= 4 is 28.0 Å². The van der Waals surface area contributed by atoms with E-state index in [2.05, 4.69) is 20.9 Å². The van der Waals surface area contributed by atoms with Gasteiger partial charge in [-0.05, 0) is 35.9 Å². The molecule has 1 aromatic heterocycles. The Kier molecular flexibility index (Phi) is 4.30. The topological polar surface area (TPSA) is 59.4 Å². The zero-order chi connectivity index (χ0) is 13.7. The Morgan fingerprint density at radius 1 is 1.32 bits per heavy atom. The summed E-state index contributed by atoms with van der Waals surface area (Å²) in [6.45, 7) is 0. The summed E-state index contributed by atoms with van der Waals surface area (Å²) in [5, 5.41) is 8.51. The van der Waals surface area contributed by atoms with Crippen molar-refractivity contribution < 1.29 is 14.6 Å². The number of ether oxygens (including phenoxy) is 1. The SMILES string of the molecule is O=C(O)/C=C/c1ccc(Oc2cccc(Br)c2)nc1. The van der Waals surface area contributed by atoms with Gasteiger partial charge >= 0.3 is 5.97 Å². The number of hydrogen-bond acceptors (Lipinski definition) is 3. The molecule has 0 saturated heterocycles. The first-order valence-corrected chi connectivity index (χ1v) is 6.23. The van der Waals surface area contributed by atoms with Crippen LogP contribution in [0.25, 0.3) is 6.08 Å². The van der Waals surface area contributed by atoms with Crippen LogP contribution in [0, 0.1) is 0 Å². The molecule has 0 unspecified atom stereocenters. The van der Waals surface area contributed by atoms with E-state index in [0.717, 1.165) is 10.5 Å². The molecule has 96 valence electrons. The standard InChI is InChI=1S/C14H10BrNO3/c15-11-2-1-3-12(8-11)19-13-6-4-10(9-16-13)5-7-14(17)18/h1-9H,(H,17,18)/b7-5+. The number of carboxylic acids is 1. The second kappa shape index (κ2) is 6.15. The summed E-state index contributed by atoms with van der Waals surface area (Å²) in [4.78, 5) is 14.5. The van der Waals surface area contributed by atoms with Crippen LogP contribution in [0.4, 0.5) is 0 Å². The summed E-state index contributed by atoms with van der Waals surface area (Å²) in [7, 11) is 0. The maximum Gasteiger partial charge on any atom is 0.328 e. The van der Waals surface area contributed by atoms with Crippen LogP contribution in [-0.4, -0.2) is 16.1 Å². The van der Waals surface area contributed by atoms with E-state index in [9.17, 15) is 4.79 Å². The summed E-state index contributed by atoms with van der Waals surface area (Å²) in [5.74, 6) is 0.135. The first-order chi connectivity index (χ1) is 9.13. The molecule has 0 aliphatic rings. The van der Waals surface area contributed by atoms with Crippen molar-refractivity contribution in [2.24, 2.45) is 0 Å². The molecule has 0 aliphatic carbocycles. The van der Waals surface area contributed by atoms with Gasteiger partial charge in [0.05, 0.1) is 0 Å². The van der Waals surface area contributed by atoms with Gasteiger partial charge in [0.25, 0.3) is 0 Å². The third-order valence-corrected chi connectivity index (χ3v) is 2.69. The second-order valence-electron chi connectivity index (χ2n) is 3.66. The zero-order valence-corrected chi connectivity index (χ0v) is 11.4. The van der Waals surface area contributed by atoms with E-state index in [4.69, 9.17) is 9.84 Å². The maximum absolute atomic E-state index is 10.4. The molecule has 0 spiro atoms. The number of nitrogens with zero attached hydrogens (tertiary/aromatic N) is 1. The molecular formula is C14H10BrNO3. The Morgan fingerprint density at radius 2 is 2.16 bits per heavy atom. The summed E-state index contributed by atoms with van der Waals surface area (Å²) in [5.41, 5.74) is 0.698. The van der Waals surface area contributed by atoms with Crippen LogP contribution in [0.1, 0.15) is 5.56 Å². The molecule has 5 heteroatoms. The van der Waals surface area contributed by atoms with Crippen LogP contribution >= 0.6 is 15.9 Å². The van der Waals surface area contributed by atoms with E-state index >= 15 is 0 Å². The number of rotatable bonds is 4. The van der Waals surface area contributed by atoms with E-state index in [-0.39, 0.29) is 0 Å². The van der Waals surface area contributed by atoms with Gasteiger partial charge in [0.2, 0.25) is 5.88 Å². The molecule has 1 N–H and O–H groups in total. The molecule has 0 bridgehead atoms. The van der Waals surface area contributed by atoms with Gasteiger partial charge in [-0.1, -0.05) is 22.0 Å². The van der Waals surface area contributed by atoms with Crippen LogP contribution in [0.2, 0.25) is 0 Å². The molecular weight excluding hydrogens is 310 g/mol. The predicted molar refractivity (Wildman–Crippen MR) is 75.1 cm³/mol. The number of carbonyl (C=O) groups is 1. The monoisotopic (exact) mass is 319 g/mol. The van der Waals surface area contributed by atoms with Crippen LogP contribution in [-0.2, 0) is 4.79 Å². The fraction of sp³-hybridized carbons (Fsp3) is 0. The highest BCUT2D eigenvalue weighted by molar-refractivity contribution is 9.10. The fourth-order valence-corrected chi connectivity index (χ4v) is 1.75. The van der Waals surface area contributed by atoms with Crippen molar-refractivity contribution in [1.82, 2.24) is 4.98 Å². The van der Waals surface area contributed by atoms with Crippen molar-refractivity contribution in [3.63, 3.8) is 0 Å². The molecule has 2 aromatic rings. The lowest BCUT2D eigenvalue weighted by atomic mass is 10.2. The van der Waals surface area contributed by atoms with E-state index in [1.165, 1.54) is 6.08 Å². The number of aromatic nitrogens is 1. The molecule has 0 saturated carbocycles. The lowest BCUT2D eigenvalue weighted by Gasteiger charge is -2.04. The highest BCUT2D eigenvalue weighted by atomic mass is 79.9. The average molecular weight is 320 g/mol. The molecule has 1 heterocycles. The minimum absolute atomic E-state index is 0.450. The number of halogens is 1. The Bertz CT molecular complexity index is 608. The minimum atomic E-state index is -0.991. The summed E-state index contributed by atoms with van der Waals surface area (Å²) in [6.07, 6.45) is 4.08. The number of hydrogen-bond donors (Lipinski definition) is 1. The van der Waals surface area contributed by atoms with Crippen LogP contribution in [0.5, 0.6) is 11.6 Å². The molecule has 0 radical (unpaired) electrons. The van der Waals surface area contributed by atoms with Crippen LogP contribution < -0.4 is 4.74 Å². The van der Waals surface area contributed by atoms with E-state index in [0.29, 0.717) is 17.2 Å². The smallest absolute Gasteiger partial charge is 0.328 e. The summed E-state index contributed by atoms with van der Waals surface area (Å²) in [6, 6.07) is 10.8. The Labute approximate surface area is 118 Å². The molecule has 0 atom stereocenters. The molecule has 4 nitrogen and oxygen atoms in total. The lowest BCUT2D eigenvalue weighted by molar-refractivity contribution is -0.131. The van der Waals surface area contributed by atoms with Crippen molar-refractivity contribution in [2.75, 3.05) is 0 Å². The number of carboxylic acid groups (broad SMARTS) is 1. The Morgan fingerprint density at radius 3 is 2.79 bits per heavy atom. The highest BCUT2D eigenvalue weighted by Crippen LogP contribution is 2.23. The molecule has 2 rings (SSSR count). The van der Waals surface area contributed by atoms with Crippen molar-refractivity contribution in [2.45, 2.75) is 0 Å². The highest BCUT2D eigenvalue weighted by Gasteiger charge is 1.99. The average Bonchev–Trinajstić information content (AvgIpc) is 2.38. The van der Waals surface area contributed by atoms with Gasteiger partial charge in [-0.2, -0.15) is 0 Å². The molecule has 19 heavy (non-hydrogen) atoms. The van der Waals surface area contributed by atoms with Gasteiger partial charge in [0.1, 0.15) is 5.75 Å². The Hall–Kier alpha value is -2.14. The van der Waals surface area contributed by atoms with Crippen molar-refractivity contribution in [3.8, 4) is 11.6 Å². The first kappa shape index (κ1) is 13.3. The Balaban J connectivity index is 2.08. The second-order valence-corrected chi connectivity index (χ2v) is 4.58. The normalized spacial score (nSPS) is 10.6. The maximum atomic E-state index is 10.4. The van der Waals surface area contributed by atoms with Crippen molar-refractivity contribution in [1.29, 1.82) is 0 Å². The van der Waals surface area contributed by atoms with E-state index < -0.39 is 5.97 Å². The van der Waals surface area contributed by atoms with E-state index in [1.807, 2.05) is 24.3 Å². The van der Waals surface area contributed by atoms with Gasteiger partial charge in [0, 0.05) is 22.8 Å². The largest absolute Gasteiger partial charge is 0.478 e. The summed E-state index contributed by atoms with van der Waals surface area (Å²) >= 11 is 3.36. The van der Waals surface area contributed by atoms with Crippen LogP contribution in [0.15, 0.2) is 53.1 Å². The predicted octanol–water partition coefficient (Wildman–Crippen LogP) is 3.73. The van der Waals surface area contributed by atoms with Gasteiger partial charge in [-0.15, -0.1) is 0 Å². The van der Waals surface area contributed by atoms with Gasteiger partial charge < -0.3 is 9.84 Å². The molecule has 0 amide bonds. The van der Waals surface area contributed by atoms with Crippen LogP contribution in [0.3, 0.4) is 0 Å². The third kappa shape index (κ3) is 4.22. The van der Waals surface area contributed by atoms with Gasteiger partial charge in [0.15, 0.2) is 0 Å². The fourth-order valence-electron chi connectivity index (χ4n) is 1.37. The third-order valence-electron chi connectivity index (χ3n) is 2.20. The zero-order valence-electron chi connectivity index (χ0n) is 9.79. The quantitative estimate of drug-likeness (QED) is 0.872. The first-order valence-electron chi connectivity index (χ1n) is 5.44. The van der Waals surface area contributed by atoms with E-state index in [1.54, 1.807) is 18.3 Å². The minimum Gasteiger partial charge on any atom is -0.478 e. The van der Waals surface area contributed by atoms with Gasteiger partial charge in [-0.25, -0.2) is 9.78 Å². The number of benzene rings is 1. The van der Waals surface area contributed by atoms with Gasteiger partial charge in [-0.3, -0.25) is 0 Å². The van der Waals surface area contributed by atoms with Crippen molar-refractivity contribution in [3.05, 3.63) is 58.7 Å². The lowest BCUT2D eigenvalue weighted by Crippen LogP contribution is -1.89. The number of aliphatic carboxylic acids is 1. The molecule has 0 fully saturated rings. The number of pyridine rings is 1. The molecule has 1 aromatic carbocycles. The molecule has 0 aliphatic heterocycles. The summed E-state index contributed by atoms with van der Waals surface area (Å²) < 4.78 is 6.48.